The summed E-state index contributed by atoms with van der Waals surface area (Å²) in [4.78, 5) is 6.67. The lowest BCUT2D eigenvalue weighted by Gasteiger charge is -2.20. The van der Waals surface area contributed by atoms with E-state index < -0.39 is 0 Å². The van der Waals surface area contributed by atoms with Crippen molar-refractivity contribution < 1.29 is 4.39 Å². The summed E-state index contributed by atoms with van der Waals surface area (Å²) in [5, 5.41) is 1.23. The van der Waals surface area contributed by atoms with E-state index in [-0.39, 0.29) is 5.82 Å². The Hall–Kier alpha value is -2.36. The Labute approximate surface area is 130 Å². The van der Waals surface area contributed by atoms with Crippen molar-refractivity contribution in [3.63, 3.8) is 0 Å². The van der Waals surface area contributed by atoms with Gasteiger partial charge in [-0.25, -0.2) is 9.37 Å². The van der Waals surface area contributed by atoms with Gasteiger partial charge in [0.1, 0.15) is 5.82 Å². The summed E-state index contributed by atoms with van der Waals surface area (Å²) < 4.78 is 15.2. The van der Waals surface area contributed by atoms with E-state index in [1.54, 1.807) is 0 Å². The molecule has 2 aromatic heterocycles. The average molecular weight is 297 g/mol. The number of pyridine rings is 1. The Morgan fingerprint density at radius 1 is 1.14 bits per heavy atom. The van der Waals surface area contributed by atoms with Crippen LogP contribution in [-0.4, -0.2) is 16.6 Å². The van der Waals surface area contributed by atoms with Crippen LogP contribution in [0.15, 0.2) is 36.5 Å². The minimum absolute atomic E-state index is 0.208. The van der Waals surface area contributed by atoms with E-state index in [0.717, 1.165) is 16.9 Å². The zero-order valence-electron chi connectivity index (χ0n) is 13.4. The fourth-order valence-electron chi connectivity index (χ4n) is 2.91. The molecule has 0 saturated heterocycles. The lowest BCUT2D eigenvalue weighted by atomic mass is 10.2. The van der Waals surface area contributed by atoms with E-state index in [9.17, 15) is 4.39 Å². The van der Waals surface area contributed by atoms with Crippen LogP contribution in [0.1, 0.15) is 16.8 Å². The summed E-state index contributed by atoms with van der Waals surface area (Å²) in [7, 11) is 4.09. The SMILES string of the molecule is Cc1c(C)n(C)c2c(N(C)Cc3ccc(F)cc3)nccc12. The molecule has 0 saturated carbocycles. The van der Waals surface area contributed by atoms with Gasteiger partial charge < -0.3 is 9.47 Å². The Kier molecular flexibility index (Phi) is 3.61. The first-order chi connectivity index (χ1) is 10.5. The van der Waals surface area contributed by atoms with Crippen LogP contribution >= 0.6 is 0 Å². The van der Waals surface area contributed by atoms with Crippen molar-refractivity contribution in [1.29, 1.82) is 0 Å². The van der Waals surface area contributed by atoms with E-state index >= 15 is 0 Å². The van der Waals surface area contributed by atoms with Crippen molar-refractivity contribution in [3.8, 4) is 0 Å². The number of nitrogens with zero attached hydrogens (tertiary/aromatic N) is 3. The highest BCUT2D eigenvalue weighted by atomic mass is 19.1. The van der Waals surface area contributed by atoms with E-state index in [2.05, 4.69) is 41.4 Å². The molecular weight excluding hydrogens is 277 g/mol. The van der Waals surface area contributed by atoms with Crippen LogP contribution in [0.4, 0.5) is 10.2 Å². The molecule has 0 aliphatic carbocycles. The molecule has 22 heavy (non-hydrogen) atoms. The molecule has 3 aromatic rings. The van der Waals surface area contributed by atoms with Crippen molar-refractivity contribution in [3.05, 3.63) is 59.2 Å². The maximum Gasteiger partial charge on any atom is 0.153 e. The molecular formula is C18H20FN3. The summed E-state index contributed by atoms with van der Waals surface area (Å²) >= 11 is 0. The van der Waals surface area contributed by atoms with E-state index in [0.29, 0.717) is 6.54 Å². The Morgan fingerprint density at radius 3 is 2.50 bits per heavy atom. The van der Waals surface area contributed by atoms with Crippen LogP contribution in [0.2, 0.25) is 0 Å². The van der Waals surface area contributed by atoms with Gasteiger partial charge in [-0.3, -0.25) is 0 Å². The van der Waals surface area contributed by atoms with Crippen molar-refractivity contribution in [2.45, 2.75) is 20.4 Å². The second-order valence-corrected chi connectivity index (χ2v) is 5.78. The van der Waals surface area contributed by atoms with Gasteiger partial charge in [0.05, 0.1) is 5.52 Å². The molecule has 0 bridgehead atoms. The second kappa shape index (κ2) is 5.44. The molecule has 0 unspecified atom stereocenters. The normalized spacial score (nSPS) is 11.1. The molecule has 0 amide bonds. The number of hydrogen-bond acceptors (Lipinski definition) is 2. The van der Waals surface area contributed by atoms with E-state index in [1.807, 2.05) is 25.4 Å². The predicted octanol–water partition coefficient (Wildman–Crippen LogP) is 3.97. The predicted molar refractivity (Wildman–Crippen MR) is 88.7 cm³/mol. The monoisotopic (exact) mass is 297 g/mol. The van der Waals surface area contributed by atoms with Gasteiger partial charge in [-0.1, -0.05) is 12.1 Å². The largest absolute Gasteiger partial charge is 0.354 e. The molecule has 4 heteroatoms. The summed E-state index contributed by atoms with van der Waals surface area (Å²) in [6.45, 7) is 4.95. The topological polar surface area (TPSA) is 21.1 Å². The number of fused-ring (bicyclic) bond motifs is 1. The van der Waals surface area contributed by atoms with Gasteiger partial charge in [0.2, 0.25) is 0 Å². The number of anilines is 1. The smallest absolute Gasteiger partial charge is 0.153 e. The van der Waals surface area contributed by atoms with Gasteiger partial charge >= 0.3 is 0 Å². The summed E-state index contributed by atoms with van der Waals surface area (Å²) in [5.41, 5.74) is 4.74. The molecule has 3 rings (SSSR count). The lowest BCUT2D eigenvalue weighted by Crippen LogP contribution is -2.18. The number of aromatic nitrogens is 2. The van der Waals surface area contributed by atoms with Crippen LogP contribution in [-0.2, 0) is 13.6 Å². The Bertz CT molecular complexity index is 818. The summed E-state index contributed by atoms with van der Waals surface area (Å²) in [5.74, 6) is 0.737. The molecule has 1 aromatic carbocycles. The quantitative estimate of drug-likeness (QED) is 0.729. The fraction of sp³-hybridized carbons (Fsp3) is 0.278. The third-order valence-electron chi connectivity index (χ3n) is 4.38. The van der Waals surface area contributed by atoms with Gasteiger partial charge in [-0.05, 0) is 43.2 Å². The maximum atomic E-state index is 13.0. The third kappa shape index (κ3) is 2.34. The van der Waals surface area contributed by atoms with Gasteiger partial charge in [0, 0.05) is 37.9 Å². The molecule has 3 nitrogen and oxygen atoms in total. The summed E-state index contributed by atoms with van der Waals surface area (Å²) in [6, 6.07) is 8.68. The second-order valence-electron chi connectivity index (χ2n) is 5.78. The van der Waals surface area contributed by atoms with Crippen LogP contribution in [0, 0.1) is 19.7 Å². The van der Waals surface area contributed by atoms with E-state index in [4.69, 9.17) is 0 Å². The average Bonchev–Trinajstić information content (AvgIpc) is 2.74. The first-order valence-electron chi connectivity index (χ1n) is 7.35. The molecule has 0 aliphatic rings. The molecule has 2 heterocycles. The van der Waals surface area contributed by atoms with Crippen molar-refractivity contribution in [2.24, 2.45) is 7.05 Å². The molecule has 0 radical (unpaired) electrons. The summed E-state index contributed by atoms with van der Waals surface area (Å²) in [6.07, 6.45) is 1.85. The van der Waals surface area contributed by atoms with Crippen molar-refractivity contribution in [2.75, 3.05) is 11.9 Å². The lowest BCUT2D eigenvalue weighted by molar-refractivity contribution is 0.627. The highest BCUT2D eigenvalue weighted by Gasteiger charge is 2.15. The fourth-order valence-corrected chi connectivity index (χ4v) is 2.91. The first-order valence-corrected chi connectivity index (χ1v) is 7.35. The Morgan fingerprint density at radius 2 is 1.82 bits per heavy atom. The number of aryl methyl sites for hydroxylation is 2. The van der Waals surface area contributed by atoms with Crippen molar-refractivity contribution in [1.82, 2.24) is 9.55 Å². The highest BCUT2D eigenvalue weighted by Crippen LogP contribution is 2.30. The first kappa shape index (κ1) is 14.6. The zero-order chi connectivity index (χ0) is 15.9. The third-order valence-corrected chi connectivity index (χ3v) is 4.38. The molecule has 114 valence electrons. The highest BCUT2D eigenvalue weighted by molar-refractivity contribution is 5.93. The number of hydrogen-bond donors (Lipinski definition) is 0. The number of halogens is 1. The van der Waals surface area contributed by atoms with Crippen molar-refractivity contribution >= 4 is 16.7 Å². The van der Waals surface area contributed by atoms with Gasteiger partial charge in [-0.15, -0.1) is 0 Å². The van der Waals surface area contributed by atoms with Gasteiger partial charge in [0.25, 0.3) is 0 Å². The molecule has 0 N–H and O–H groups in total. The molecule has 0 fully saturated rings. The number of rotatable bonds is 3. The van der Waals surface area contributed by atoms with Gasteiger partial charge in [0.15, 0.2) is 5.82 Å². The van der Waals surface area contributed by atoms with Crippen LogP contribution in [0.3, 0.4) is 0 Å². The van der Waals surface area contributed by atoms with Crippen LogP contribution in [0.25, 0.3) is 10.9 Å². The molecule has 0 atom stereocenters. The maximum absolute atomic E-state index is 13.0. The van der Waals surface area contributed by atoms with Gasteiger partial charge in [-0.2, -0.15) is 0 Å². The van der Waals surface area contributed by atoms with Crippen LogP contribution < -0.4 is 4.90 Å². The zero-order valence-corrected chi connectivity index (χ0v) is 13.4. The molecule has 0 spiro atoms. The van der Waals surface area contributed by atoms with Crippen LogP contribution in [0.5, 0.6) is 0 Å². The van der Waals surface area contributed by atoms with E-state index in [1.165, 1.54) is 28.8 Å². The Balaban J connectivity index is 2.02. The standard InChI is InChI=1S/C18H20FN3/c1-12-13(2)22(4)17-16(12)9-10-20-18(17)21(3)11-14-5-7-15(19)8-6-14/h5-10H,11H2,1-4H3. The number of benzene rings is 1. The minimum atomic E-state index is -0.208. The molecule has 0 aliphatic heterocycles. The minimum Gasteiger partial charge on any atom is -0.354 e.